The van der Waals surface area contributed by atoms with Gasteiger partial charge in [0.1, 0.15) is 0 Å². The molecule has 3 heterocycles. The molecule has 1 unspecified atom stereocenters. The lowest BCUT2D eigenvalue weighted by Crippen LogP contribution is -2.61. The lowest BCUT2D eigenvalue weighted by Gasteiger charge is -2.50. The third-order valence-electron chi connectivity index (χ3n) is 17.5. The lowest BCUT2D eigenvalue weighted by atomic mass is 9.35. The fourth-order valence-electron chi connectivity index (χ4n) is 13.1. The number of nitrogens with zero attached hydrogens (tertiary/aromatic N) is 2. The highest BCUT2D eigenvalue weighted by molar-refractivity contribution is 7.29. The summed E-state index contributed by atoms with van der Waals surface area (Å²) in [5.74, 6) is 0.915. The fourth-order valence-corrected chi connectivity index (χ4v) is 14.5. The van der Waals surface area contributed by atoms with Gasteiger partial charge in [-0.05, 0) is 152 Å². The molecule has 0 saturated heterocycles. The predicted octanol–water partition coefficient (Wildman–Crippen LogP) is 16.0. The first-order chi connectivity index (χ1) is 31.0. The van der Waals surface area contributed by atoms with Gasteiger partial charge in [-0.1, -0.05) is 163 Å². The maximum Gasteiger partial charge on any atom is 0.264 e. The molecule has 6 aromatic rings. The molecule has 11 rings (SSSR count). The molecular formula is C62H71BN2S. The fraction of sp³-hybridized carbons (Fsp3) is 0.419. The van der Waals surface area contributed by atoms with Crippen LogP contribution in [0.3, 0.4) is 0 Å². The Balaban J connectivity index is 1.27. The second kappa shape index (κ2) is 14.4. The summed E-state index contributed by atoms with van der Waals surface area (Å²) in [4.78, 5) is 7.01. The molecule has 0 bridgehead atoms. The number of hydrogen-bond donors (Lipinski definition) is 0. The first kappa shape index (κ1) is 43.8. The summed E-state index contributed by atoms with van der Waals surface area (Å²) in [5.41, 5.74) is 25.5. The number of anilines is 6. The second-order valence-electron chi connectivity index (χ2n) is 24.8. The zero-order valence-corrected chi connectivity index (χ0v) is 43.4. The SMILES string of the molecule is CCC(C)(C)c1cc2c(cc1C(C)C)N(c1cccc3c1-c1ccccc1C3(C)C)c1cc(C)cc3c1B2c1sc2c(c1N3c1ccc(C(C)(C)C)cc1)C=C1C(C2)C(C)(C)CCC1(C)C. The molecule has 2 aliphatic heterocycles. The van der Waals surface area contributed by atoms with Crippen LogP contribution in [0.4, 0.5) is 34.1 Å². The van der Waals surface area contributed by atoms with Gasteiger partial charge in [0.2, 0.25) is 0 Å². The van der Waals surface area contributed by atoms with Crippen molar-refractivity contribution in [3.63, 3.8) is 0 Å². The van der Waals surface area contributed by atoms with Crippen molar-refractivity contribution in [3.8, 4) is 11.1 Å². The maximum absolute atomic E-state index is 2.73. The quantitative estimate of drug-likeness (QED) is 0.159. The van der Waals surface area contributed by atoms with Crippen molar-refractivity contribution in [1.29, 1.82) is 0 Å². The van der Waals surface area contributed by atoms with Crippen LogP contribution in [0.15, 0.2) is 96.6 Å². The Morgan fingerprint density at radius 2 is 1.44 bits per heavy atom. The molecule has 4 heteroatoms. The highest BCUT2D eigenvalue weighted by Gasteiger charge is 2.51. The van der Waals surface area contributed by atoms with Gasteiger partial charge >= 0.3 is 0 Å². The van der Waals surface area contributed by atoms with Gasteiger partial charge < -0.3 is 9.80 Å². The third kappa shape index (κ3) is 6.18. The molecule has 1 fully saturated rings. The molecule has 0 N–H and O–H groups in total. The average molecular weight is 887 g/mol. The Kier molecular flexibility index (Phi) is 9.52. The maximum atomic E-state index is 2.73. The van der Waals surface area contributed by atoms with Crippen LogP contribution in [0.2, 0.25) is 0 Å². The molecule has 1 saturated carbocycles. The van der Waals surface area contributed by atoms with E-state index in [0.717, 1.165) is 12.8 Å². The summed E-state index contributed by atoms with van der Waals surface area (Å²) in [6.07, 6.45) is 7.42. The Labute approximate surface area is 401 Å². The van der Waals surface area contributed by atoms with Gasteiger partial charge in [0.25, 0.3) is 6.71 Å². The molecule has 0 spiro atoms. The molecular weight excluding hydrogens is 816 g/mol. The zero-order chi connectivity index (χ0) is 46.8. The topological polar surface area (TPSA) is 6.48 Å². The first-order valence-corrected chi connectivity index (χ1v) is 26.0. The molecule has 5 aromatic carbocycles. The van der Waals surface area contributed by atoms with Crippen LogP contribution >= 0.6 is 11.3 Å². The smallest absolute Gasteiger partial charge is 0.264 e. The zero-order valence-electron chi connectivity index (χ0n) is 42.6. The molecule has 0 amide bonds. The number of thiophene rings is 1. The number of benzene rings is 5. The van der Waals surface area contributed by atoms with E-state index in [1.54, 1.807) is 10.5 Å². The Morgan fingerprint density at radius 3 is 2.12 bits per heavy atom. The number of allylic oxidation sites excluding steroid dienone is 1. The standard InChI is InChI=1S/C62H71BN2S/c1-16-59(8,9)45-34-48-50(33-41(45)36(2)3)65(49-23-19-22-44-54(49)40-20-17-18-21-43(40)62(44,14)15)52-31-37(4)30-51-55(52)63(48)57-56(64(51)39-26-24-38(25-27-39)58(5,6)7)42-32-46-47(35-53(42)66-57)61(12,13)29-28-60(46,10)11/h17-27,30-34,36,47H,16,28-29,35H2,1-15H3. The minimum Gasteiger partial charge on any atom is -0.311 e. The van der Waals surface area contributed by atoms with E-state index in [2.05, 4.69) is 222 Å². The average Bonchev–Trinajstić information content (AvgIpc) is 3.75. The van der Waals surface area contributed by atoms with Crippen LogP contribution in [-0.4, -0.2) is 6.71 Å². The van der Waals surface area contributed by atoms with E-state index in [1.165, 1.54) is 113 Å². The minimum absolute atomic E-state index is 0.0110. The van der Waals surface area contributed by atoms with Gasteiger partial charge in [-0.3, -0.25) is 0 Å². The van der Waals surface area contributed by atoms with Gasteiger partial charge in [0.05, 0.1) is 11.4 Å². The van der Waals surface area contributed by atoms with Crippen LogP contribution in [0.25, 0.3) is 17.2 Å². The van der Waals surface area contributed by atoms with Crippen molar-refractivity contribution in [2.75, 3.05) is 9.80 Å². The summed E-state index contributed by atoms with van der Waals surface area (Å²) in [6.45, 7) is 36.5. The molecule has 1 aromatic heterocycles. The highest BCUT2D eigenvalue weighted by atomic mass is 32.1. The van der Waals surface area contributed by atoms with Crippen LogP contribution in [0.1, 0.15) is 166 Å². The van der Waals surface area contributed by atoms with E-state index in [9.17, 15) is 0 Å². The van der Waals surface area contributed by atoms with E-state index < -0.39 is 0 Å². The summed E-state index contributed by atoms with van der Waals surface area (Å²) < 4.78 is 1.51. The van der Waals surface area contributed by atoms with Crippen molar-refractivity contribution >= 4 is 74.0 Å². The van der Waals surface area contributed by atoms with E-state index in [-0.39, 0.29) is 33.8 Å². The van der Waals surface area contributed by atoms with Crippen LogP contribution < -0.4 is 25.5 Å². The molecule has 1 atom stereocenters. The monoisotopic (exact) mass is 887 g/mol. The van der Waals surface area contributed by atoms with Crippen molar-refractivity contribution in [3.05, 3.63) is 140 Å². The van der Waals surface area contributed by atoms with Crippen LogP contribution in [-0.2, 0) is 22.7 Å². The molecule has 0 radical (unpaired) electrons. The Bertz CT molecular complexity index is 3030. The van der Waals surface area contributed by atoms with Crippen LogP contribution in [0, 0.1) is 23.7 Å². The number of fused-ring (bicyclic) bond motifs is 10. The largest absolute Gasteiger partial charge is 0.311 e. The summed E-state index contributed by atoms with van der Waals surface area (Å²) >= 11 is 2.14. The molecule has 338 valence electrons. The van der Waals surface area contributed by atoms with Gasteiger partial charge in [-0.2, -0.15) is 11.3 Å². The Hall–Kier alpha value is -4.80. The van der Waals surface area contributed by atoms with Gasteiger partial charge in [-0.15, -0.1) is 0 Å². The molecule has 5 aliphatic rings. The highest BCUT2D eigenvalue weighted by Crippen LogP contribution is 2.60. The summed E-state index contributed by atoms with van der Waals surface area (Å²) in [6, 6.07) is 36.4. The number of hydrogen-bond acceptors (Lipinski definition) is 3. The molecule has 2 nitrogen and oxygen atoms in total. The van der Waals surface area contributed by atoms with E-state index in [4.69, 9.17) is 0 Å². The van der Waals surface area contributed by atoms with Crippen molar-refractivity contribution < 1.29 is 0 Å². The van der Waals surface area contributed by atoms with Crippen molar-refractivity contribution in [1.82, 2.24) is 0 Å². The second-order valence-corrected chi connectivity index (χ2v) is 25.9. The van der Waals surface area contributed by atoms with Crippen molar-refractivity contribution in [2.45, 2.75) is 152 Å². The Morgan fingerprint density at radius 1 is 0.758 bits per heavy atom. The van der Waals surface area contributed by atoms with Crippen molar-refractivity contribution in [2.24, 2.45) is 16.7 Å². The lowest BCUT2D eigenvalue weighted by molar-refractivity contribution is 0.124. The first-order valence-electron chi connectivity index (χ1n) is 25.2. The van der Waals surface area contributed by atoms with E-state index in [1.807, 2.05) is 0 Å². The molecule has 3 aliphatic carbocycles. The summed E-state index contributed by atoms with van der Waals surface area (Å²) in [7, 11) is 0. The summed E-state index contributed by atoms with van der Waals surface area (Å²) in [5, 5.41) is 0. The molecule has 66 heavy (non-hydrogen) atoms. The van der Waals surface area contributed by atoms with Gasteiger partial charge in [0, 0.05) is 48.9 Å². The minimum atomic E-state index is -0.108. The number of rotatable bonds is 5. The van der Waals surface area contributed by atoms with Crippen LogP contribution in [0.5, 0.6) is 0 Å². The van der Waals surface area contributed by atoms with E-state index >= 15 is 0 Å². The van der Waals surface area contributed by atoms with E-state index in [0.29, 0.717) is 11.8 Å². The van der Waals surface area contributed by atoms with Gasteiger partial charge in [-0.25, -0.2) is 0 Å². The predicted molar refractivity (Wildman–Crippen MR) is 289 cm³/mol. The normalized spacial score (nSPS) is 19.4. The number of aryl methyl sites for hydroxylation is 1. The third-order valence-corrected chi connectivity index (χ3v) is 18.8. The van der Waals surface area contributed by atoms with Gasteiger partial charge in [0.15, 0.2) is 0 Å².